The highest BCUT2D eigenvalue weighted by molar-refractivity contribution is 4.72. The van der Waals surface area contributed by atoms with Crippen LogP contribution in [0, 0.1) is 0 Å². The molecule has 3 nitrogen and oxygen atoms in total. The van der Waals surface area contributed by atoms with Gasteiger partial charge in [-0.25, -0.2) is 0 Å². The van der Waals surface area contributed by atoms with Crippen molar-refractivity contribution in [3.8, 4) is 0 Å². The van der Waals surface area contributed by atoms with Crippen molar-refractivity contribution >= 4 is 0 Å². The molecule has 3 heteroatoms. The lowest BCUT2D eigenvalue weighted by atomic mass is 10.1. The zero-order valence-corrected chi connectivity index (χ0v) is 11.7. The lowest BCUT2D eigenvalue weighted by Gasteiger charge is -2.30. The predicted octanol–water partition coefficient (Wildman–Crippen LogP) is 1.78. The molecular weight excluding hydrogens is 198 g/mol. The van der Waals surface area contributed by atoms with Gasteiger partial charge in [-0.1, -0.05) is 26.7 Å². The summed E-state index contributed by atoms with van der Waals surface area (Å²) in [6, 6.07) is 0.590. The summed E-state index contributed by atoms with van der Waals surface area (Å²) in [6.45, 7) is 8.76. The van der Waals surface area contributed by atoms with Crippen LogP contribution in [-0.4, -0.2) is 56.1 Å². The van der Waals surface area contributed by atoms with Gasteiger partial charge < -0.3 is 10.6 Å². The number of likely N-dealkylation sites (N-methyl/N-ethyl adjacent to an activating group) is 1. The monoisotopic (exact) mass is 229 g/mol. The van der Waals surface area contributed by atoms with Crippen molar-refractivity contribution in [2.75, 3.05) is 40.3 Å². The van der Waals surface area contributed by atoms with Gasteiger partial charge in [0.05, 0.1) is 0 Å². The molecule has 1 unspecified atom stereocenters. The maximum absolute atomic E-state index is 5.87. The van der Waals surface area contributed by atoms with Crippen LogP contribution in [0.5, 0.6) is 0 Å². The second-order valence-corrected chi connectivity index (χ2v) is 4.82. The van der Waals surface area contributed by atoms with E-state index in [4.69, 9.17) is 5.73 Å². The molecule has 98 valence electrons. The summed E-state index contributed by atoms with van der Waals surface area (Å²) in [7, 11) is 4.27. The van der Waals surface area contributed by atoms with E-state index in [1.807, 2.05) is 0 Å². The highest BCUT2D eigenvalue weighted by Crippen LogP contribution is 2.08. The van der Waals surface area contributed by atoms with E-state index >= 15 is 0 Å². The van der Waals surface area contributed by atoms with Crippen molar-refractivity contribution in [1.29, 1.82) is 0 Å². The SMILES string of the molecule is CCCCC(CN)N(CC)CCCN(C)C. The Labute approximate surface area is 102 Å². The van der Waals surface area contributed by atoms with Crippen molar-refractivity contribution in [1.82, 2.24) is 9.80 Å². The van der Waals surface area contributed by atoms with Crippen molar-refractivity contribution in [3.05, 3.63) is 0 Å². The summed E-state index contributed by atoms with van der Waals surface area (Å²) in [5.74, 6) is 0. The smallest absolute Gasteiger partial charge is 0.0218 e. The van der Waals surface area contributed by atoms with E-state index in [0.29, 0.717) is 6.04 Å². The standard InChI is InChI=1S/C13H31N3/c1-5-7-9-13(12-14)16(6-2)11-8-10-15(3)4/h13H,5-12,14H2,1-4H3. The summed E-state index contributed by atoms with van der Waals surface area (Å²) >= 11 is 0. The quantitative estimate of drug-likeness (QED) is 0.620. The molecule has 0 aliphatic heterocycles. The van der Waals surface area contributed by atoms with E-state index < -0.39 is 0 Å². The summed E-state index contributed by atoms with van der Waals surface area (Å²) < 4.78 is 0. The molecule has 0 saturated carbocycles. The largest absolute Gasteiger partial charge is 0.329 e. The molecule has 0 radical (unpaired) electrons. The first-order valence-electron chi connectivity index (χ1n) is 6.74. The third-order valence-electron chi connectivity index (χ3n) is 3.14. The van der Waals surface area contributed by atoms with Gasteiger partial charge >= 0.3 is 0 Å². The predicted molar refractivity (Wildman–Crippen MR) is 72.8 cm³/mol. The highest BCUT2D eigenvalue weighted by Gasteiger charge is 2.14. The normalized spacial score (nSPS) is 13.7. The van der Waals surface area contributed by atoms with Crippen LogP contribution in [0.2, 0.25) is 0 Å². The highest BCUT2D eigenvalue weighted by atomic mass is 15.2. The average Bonchev–Trinajstić information content (AvgIpc) is 2.27. The van der Waals surface area contributed by atoms with Gasteiger partial charge in [-0.05, 0) is 46.6 Å². The molecule has 0 aliphatic carbocycles. The summed E-state index contributed by atoms with van der Waals surface area (Å²) in [4.78, 5) is 4.79. The van der Waals surface area contributed by atoms with Gasteiger partial charge in [0.2, 0.25) is 0 Å². The summed E-state index contributed by atoms with van der Waals surface area (Å²) in [6.07, 6.45) is 5.06. The number of hydrogen-bond donors (Lipinski definition) is 1. The van der Waals surface area contributed by atoms with Crippen molar-refractivity contribution < 1.29 is 0 Å². The topological polar surface area (TPSA) is 32.5 Å². The van der Waals surface area contributed by atoms with E-state index in [2.05, 4.69) is 37.7 Å². The zero-order chi connectivity index (χ0) is 12.4. The van der Waals surface area contributed by atoms with Crippen molar-refractivity contribution in [3.63, 3.8) is 0 Å². The van der Waals surface area contributed by atoms with E-state index in [1.165, 1.54) is 38.8 Å². The van der Waals surface area contributed by atoms with E-state index in [-0.39, 0.29) is 0 Å². The minimum Gasteiger partial charge on any atom is -0.329 e. The van der Waals surface area contributed by atoms with Crippen LogP contribution in [0.25, 0.3) is 0 Å². The molecule has 0 aliphatic rings. The van der Waals surface area contributed by atoms with Crippen LogP contribution in [0.4, 0.5) is 0 Å². The van der Waals surface area contributed by atoms with Gasteiger partial charge in [0, 0.05) is 12.6 Å². The van der Waals surface area contributed by atoms with Crippen LogP contribution < -0.4 is 5.73 Å². The van der Waals surface area contributed by atoms with E-state index in [0.717, 1.165) is 13.1 Å². The molecule has 0 spiro atoms. The molecule has 0 bridgehead atoms. The molecule has 0 saturated heterocycles. The number of hydrogen-bond acceptors (Lipinski definition) is 3. The number of unbranched alkanes of at least 4 members (excludes halogenated alkanes) is 1. The van der Waals surface area contributed by atoms with Gasteiger partial charge in [0.25, 0.3) is 0 Å². The Morgan fingerprint density at radius 1 is 1.06 bits per heavy atom. The van der Waals surface area contributed by atoms with Gasteiger partial charge in [0.15, 0.2) is 0 Å². The lowest BCUT2D eigenvalue weighted by Crippen LogP contribution is -2.41. The Bertz CT molecular complexity index is 148. The van der Waals surface area contributed by atoms with Crippen molar-refractivity contribution in [2.45, 2.75) is 45.6 Å². The van der Waals surface area contributed by atoms with Crippen molar-refractivity contribution in [2.24, 2.45) is 5.73 Å². The number of rotatable bonds is 10. The summed E-state index contributed by atoms with van der Waals surface area (Å²) in [5.41, 5.74) is 5.87. The molecule has 16 heavy (non-hydrogen) atoms. The molecule has 1 atom stereocenters. The summed E-state index contributed by atoms with van der Waals surface area (Å²) in [5, 5.41) is 0. The third kappa shape index (κ3) is 7.20. The lowest BCUT2D eigenvalue weighted by molar-refractivity contribution is 0.188. The fourth-order valence-corrected chi connectivity index (χ4v) is 2.08. The molecule has 0 amide bonds. The van der Waals surface area contributed by atoms with Crippen LogP contribution in [0.15, 0.2) is 0 Å². The Morgan fingerprint density at radius 2 is 1.75 bits per heavy atom. The van der Waals surface area contributed by atoms with Crippen LogP contribution >= 0.6 is 0 Å². The first-order chi connectivity index (χ1) is 7.65. The molecule has 0 aromatic rings. The fraction of sp³-hybridized carbons (Fsp3) is 1.00. The minimum absolute atomic E-state index is 0.590. The van der Waals surface area contributed by atoms with Crippen LogP contribution in [0.1, 0.15) is 39.5 Å². The van der Waals surface area contributed by atoms with E-state index in [9.17, 15) is 0 Å². The first-order valence-corrected chi connectivity index (χ1v) is 6.74. The van der Waals surface area contributed by atoms with Crippen LogP contribution in [-0.2, 0) is 0 Å². The number of nitrogens with two attached hydrogens (primary N) is 1. The second-order valence-electron chi connectivity index (χ2n) is 4.82. The van der Waals surface area contributed by atoms with Gasteiger partial charge in [-0.3, -0.25) is 4.90 Å². The molecule has 0 rings (SSSR count). The van der Waals surface area contributed by atoms with Gasteiger partial charge in [-0.2, -0.15) is 0 Å². The minimum atomic E-state index is 0.590. The Kier molecular flexibility index (Phi) is 9.99. The molecule has 2 N–H and O–H groups in total. The zero-order valence-electron chi connectivity index (χ0n) is 11.7. The Balaban J connectivity index is 3.91. The molecule has 0 aromatic carbocycles. The maximum Gasteiger partial charge on any atom is 0.0218 e. The third-order valence-corrected chi connectivity index (χ3v) is 3.14. The van der Waals surface area contributed by atoms with Gasteiger partial charge in [0.1, 0.15) is 0 Å². The molecule has 0 fully saturated rings. The Hall–Kier alpha value is -0.120. The Morgan fingerprint density at radius 3 is 2.19 bits per heavy atom. The molecule has 0 aromatic heterocycles. The first kappa shape index (κ1) is 15.9. The van der Waals surface area contributed by atoms with Gasteiger partial charge in [-0.15, -0.1) is 0 Å². The maximum atomic E-state index is 5.87. The van der Waals surface area contributed by atoms with Crippen LogP contribution in [0.3, 0.4) is 0 Å². The number of nitrogens with zero attached hydrogens (tertiary/aromatic N) is 2. The van der Waals surface area contributed by atoms with E-state index in [1.54, 1.807) is 0 Å². The average molecular weight is 229 g/mol. The fourth-order valence-electron chi connectivity index (χ4n) is 2.08. The molecular formula is C13H31N3. The second kappa shape index (κ2) is 10.1. The molecule has 0 heterocycles.